The monoisotopic (exact) mass is 242 g/mol. The first kappa shape index (κ1) is 10.1. The summed E-state index contributed by atoms with van der Waals surface area (Å²) in [5.41, 5.74) is 1.92. The largest absolute Gasteiger partial charge is 0.292 e. The number of alkyl halides is 1. The summed E-state index contributed by atoms with van der Waals surface area (Å²) in [5.74, 6) is 0. The van der Waals surface area contributed by atoms with Gasteiger partial charge in [0.25, 0.3) is 0 Å². The van der Waals surface area contributed by atoms with Crippen molar-refractivity contribution >= 4 is 22.9 Å². The highest BCUT2D eigenvalue weighted by molar-refractivity contribution is 7.09. The Balaban J connectivity index is 1.72. The van der Waals surface area contributed by atoms with Crippen LogP contribution in [0.15, 0.2) is 11.7 Å². The average Bonchev–Trinajstić information content (AvgIpc) is 2.77. The minimum atomic E-state index is 0.417. The summed E-state index contributed by atoms with van der Waals surface area (Å²) in [5, 5.41) is 0.417. The number of piperidine rings is 1. The fourth-order valence-electron chi connectivity index (χ4n) is 2.97. The first-order chi connectivity index (χ1) is 7.33. The Hall–Kier alpha value is -0.120. The van der Waals surface area contributed by atoms with Gasteiger partial charge < -0.3 is 0 Å². The summed E-state index contributed by atoms with van der Waals surface area (Å²) in [6.07, 6.45) is 7.03. The van der Waals surface area contributed by atoms with Gasteiger partial charge in [-0.2, -0.15) is 0 Å². The van der Waals surface area contributed by atoms with E-state index in [1.165, 1.54) is 30.6 Å². The molecule has 2 saturated heterocycles. The molecule has 2 fully saturated rings. The first-order valence-corrected chi connectivity index (χ1v) is 6.91. The van der Waals surface area contributed by atoms with Crippen molar-refractivity contribution in [2.45, 2.75) is 49.7 Å². The van der Waals surface area contributed by atoms with Crippen LogP contribution in [0.1, 0.15) is 30.6 Å². The summed E-state index contributed by atoms with van der Waals surface area (Å²) in [6, 6.07) is 1.46. The maximum absolute atomic E-state index is 6.26. The molecule has 1 aromatic heterocycles. The van der Waals surface area contributed by atoms with Gasteiger partial charge in [0.15, 0.2) is 0 Å². The molecule has 2 atom stereocenters. The van der Waals surface area contributed by atoms with E-state index in [4.69, 9.17) is 11.6 Å². The predicted octanol–water partition coefficient (Wildman–Crippen LogP) is 2.88. The van der Waals surface area contributed by atoms with Crippen LogP contribution in [-0.2, 0) is 6.54 Å². The lowest BCUT2D eigenvalue weighted by atomic mass is 10.0. The predicted molar refractivity (Wildman–Crippen MR) is 63.3 cm³/mol. The van der Waals surface area contributed by atoms with Crippen molar-refractivity contribution in [3.63, 3.8) is 0 Å². The van der Waals surface area contributed by atoms with Crippen LogP contribution >= 0.6 is 22.9 Å². The van der Waals surface area contributed by atoms with E-state index in [0.29, 0.717) is 5.38 Å². The zero-order chi connectivity index (χ0) is 10.3. The van der Waals surface area contributed by atoms with Gasteiger partial charge in [0.05, 0.1) is 5.51 Å². The van der Waals surface area contributed by atoms with E-state index >= 15 is 0 Å². The molecule has 0 aliphatic carbocycles. The minimum absolute atomic E-state index is 0.417. The molecule has 82 valence electrons. The number of hydrogen-bond donors (Lipinski definition) is 0. The van der Waals surface area contributed by atoms with E-state index in [2.05, 4.69) is 9.88 Å². The summed E-state index contributed by atoms with van der Waals surface area (Å²) in [4.78, 5) is 8.17. The molecule has 0 saturated carbocycles. The number of halogens is 1. The summed E-state index contributed by atoms with van der Waals surface area (Å²) >= 11 is 8.02. The van der Waals surface area contributed by atoms with Crippen LogP contribution in [0, 0.1) is 0 Å². The van der Waals surface area contributed by atoms with Crippen LogP contribution in [0.5, 0.6) is 0 Å². The standard InChI is InChI=1S/C11H15ClN2S/c12-8-3-9-1-2-10(4-8)14(9)6-11-5-13-7-15-11/h5,7-10H,1-4,6H2. The van der Waals surface area contributed by atoms with Gasteiger partial charge in [0.2, 0.25) is 0 Å². The minimum Gasteiger partial charge on any atom is -0.292 e. The fraction of sp³-hybridized carbons (Fsp3) is 0.727. The molecule has 0 amide bonds. The molecule has 2 aliphatic rings. The normalized spacial score (nSPS) is 35.9. The topological polar surface area (TPSA) is 16.1 Å². The lowest BCUT2D eigenvalue weighted by molar-refractivity contribution is 0.136. The summed E-state index contributed by atoms with van der Waals surface area (Å²) in [7, 11) is 0. The van der Waals surface area contributed by atoms with Crippen LogP contribution in [0.2, 0.25) is 0 Å². The highest BCUT2D eigenvalue weighted by Gasteiger charge is 2.39. The lowest BCUT2D eigenvalue weighted by Gasteiger charge is -2.36. The molecule has 3 rings (SSSR count). The highest BCUT2D eigenvalue weighted by Crippen LogP contribution is 2.38. The number of hydrogen-bond acceptors (Lipinski definition) is 3. The molecule has 2 nitrogen and oxygen atoms in total. The molecule has 15 heavy (non-hydrogen) atoms. The third kappa shape index (κ3) is 1.93. The number of aromatic nitrogens is 1. The molecule has 1 aromatic rings. The van der Waals surface area contributed by atoms with E-state index in [0.717, 1.165) is 18.6 Å². The van der Waals surface area contributed by atoms with Crippen molar-refractivity contribution in [2.24, 2.45) is 0 Å². The zero-order valence-electron chi connectivity index (χ0n) is 8.60. The molecule has 0 spiro atoms. The summed E-state index contributed by atoms with van der Waals surface area (Å²) < 4.78 is 0. The van der Waals surface area contributed by atoms with Gasteiger partial charge in [0, 0.05) is 35.1 Å². The van der Waals surface area contributed by atoms with E-state index in [9.17, 15) is 0 Å². The Bertz CT molecular complexity index is 313. The number of fused-ring (bicyclic) bond motifs is 2. The van der Waals surface area contributed by atoms with E-state index in [1.807, 2.05) is 11.7 Å². The molecule has 2 aliphatic heterocycles. The second-order valence-electron chi connectivity index (χ2n) is 4.59. The maximum Gasteiger partial charge on any atom is 0.0794 e. The molecule has 0 aromatic carbocycles. The maximum atomic E-state index is 6.26. The quantitative estimate of drug-likeness (QED) is 0.742. The summed E-state index contributed by atoms with van der Waals surface area (Å²) in [6.45, 7) is 1.09. The van der Waals surface area contributed by atoms with Gasteiger partial charge in [-0.3, -0.25) is 9.88 Å². The molecule has 0 radical (unpaired) electrons. The second kappa shape index (κ2) is 4.04. The molecule has 2 unspecified atom stereocenters. The van der Waals surface area contributed by atoms with Gasteiger partial charge in [-0.15, -0.1) is 22.9 Å². The van der Waals surface area contributed by atoms with Crippen molar-refractivity contribution in [1.82, 2.24) is 9.88 Å². The van der Waals surface area contributed by atoms with Crippen molar-refractivity contribution in [2.75, 3.05) is 0 Å². The molecule has 0 N–H and O–H groups in total. The molecular formula is C11H15ClN2S. The SMILES string of the molecule is ClC1CC2CCC(C1)N2Cc1cncs1. The Labute approximate surface area is 99.3 Å². The molecular weight excluding hydrogens is 228 g/mol. The van der Waals surface area contributed by atoms with Gasteiger partial charge in [0.1, 0.15) is 0 Å². The first-order valence-electron chi connectivity index (χ1n) is 5.60. The van der Waals surface area contributed by atoms with Crippen LogP contribution in [0.3, 0.4) is 0 Å². The Kier molecular flexibility index (Phi) is 2.71. The van der Waals surface area contributed by atoms with Crippen molar-refractivity contribution < 1.29 is 0 Å². The third-order valence-electron chi connectivity index (χ3n) is 3.65. The van der Waals surface area contributed by atoms with Crippen molar-refractivity contribution in [3.05, 3.63) is 16.6 Å². The van der Waals surface area contributed by atoms with Crippen LogP contribution in [-0.4, -0.2) is 27.3 Å². The van der Waals surface area contributed by atoms with Crippen LogP contribution < -0.4 is 0 Å². The van der Waals surface area contributed by atoms with Crippen LogP contribution in [0.25, 0.3) is 0 Å². The van der Waals surface area contributed by atoms with Gasteiger partial charge in [-0.1, -0.05) is 0 Å². The Morgan fingerprint density at radius 1 is 1.40 bits per heavy atom. The van der Waals surface area contributed by atoms with E-state index in [1.54, 1.807) is 11.3 Å². The molecule has 3 heterocycles. The highest BCUT2D eigenvalue weighted by atomic mass is 35.5. The second-order valence-corrected chi connectivity index (χ2v) is 6.18. The van der Waals surface area contributed by atoms with Crippen LogP contribution in [0.4, 0.5) is 0 Å². The average molecular weight is 243 g/mol. The smallest absolute Gasteiger partial charge is 0.0794 e. The van der Waals surface area contributed by atoms with Gasteiger partial charge in [-0.05, 0) is 25.7 Å². The Morgan fingerprint density at radius 3 is 2.73 bits per heavy atom. The fourth-order valence-corrected chi connectivity index (χ4v) is 3.98. The van der Waals surface area contributed by atoms with E-state index in [-0.39, 0.29) is 0 Å². The van der Waals surface area contributed by atoms with Gasteiger partial charge >= 0.3 is 0 Å². The zero-order valence-corrected chi connectivity index (χ0v) is 10.2. The molecule has 4 heteroatoms. The Morgan fingerprint density at radius 2 is 2.13 bits per heavy atom. The van der Waals surface area contributed by atoms with Crippen molar-refractivity contribution in [3.8, 4) is 0 Å². The lowest BCUT2D eigenvalue weighted by Crippen LogP contribution is -2.42. The molecule has 2 bridgehead atoms. The number of rotatable bonds is 2. The third-order valence-corrected chi connectivity index (χ3v) is 4.77. The number of nitrogens with zero attached hydrogens (tertiary/aromatic N) is 2. The van der Waals surface area contributed by atoms with E-state index < -0.39 is 0 Å². The number of thiazole rings is 1. The van der Waals surface area contributed by atoms with Gasteiger partial charge in [-0.25, -0.2) is 0 Å². The van der Waals surface area contributed by atoms with Crippen molar-refractivity contribution in [1.29, 1.82) is 0 Å².